The highest BCUT2D eigenvalue weighted by molar-refractivity contribution is 6.35. The monoisotopic (exact) mass is 249 g/mol. The normalized spacial score (nSPS) is 25.2. The van der Waals surface area contributed by atoms with Gasteiger partial charge in [-0.3, -0.25) is 9.59 Å². The number of hydrogen-bond acceptors (Lipinski definition) is 3. The van der Waals surface area contributed by atoms with E-state index in [1.807, 2.05) is 0 Å². The predicted molar refractivity (Wildman–Crippen MR) is 61.8 cm³/mol. The zero-order valence-electron chi connectivity index (χ0n) is 8.94. The van der Waals surface area contributed by atoms with Gasteiger partial charge in [0.1, 0.15) is 0 Å². The second kappa shape index (κ2) is 3.11. The average molecular weight is 250 g/mol. The summed E-state index contributed by atoms with van der Waals surface area (Å²) in [6, 6.07) is 5.19. The van der Waals surface area contributed by atoms with Crippen molar-refractivity contribution in [2.24, 2.45) is 0 Å². The van der Waals surface area contributed by atoms with Crippen LogP contribution in [0, 0.1) is 0 Å². The van der Waals surface area contributed by atoms with Gasteiger partial charge in [-0.1, -0.05) is 23.7 Å². The minimum atomic E-state index is -1.27. The molecule has 1 aromatic rings. The number of fused-ring (bicyclic) bond motifs is 2. The Bertz CT molecular complexity index is 581. The Morgan fingerprint density at radius 1 is 1.47 bits per heavy atom. The second-order valence-electron chi connectivity index (χ2n) is 3.99. The molecule has 0 aliphatic carbocycles. The lowest BCUT2D eigenvalue weighted by molar-refractivity contribution is -0.139. The van der Waals surface area contributed by atoms with Crippen LogP contribution in [0.1, 0.15) is 5.56 Å². The molecule has 0 unspecified atom stereocenters. The standard InChI is InChI=1S/C12H8ClNO3/c1-14-10-8(3-2-4-9(10)13)12(11(14)16)7(5-15)6-17-12/h2-6H,1H3/t12-/m0/s1. The van der Waals surface area contributed by atoms with E-state index in [1.54, 1.807) is 25.2 Å². The molecule has 2 heterocycles. The van der Waals surface area contributed by atoms with Gasteiger partial charge >= 0.3 is 0 Å². The van der Waals surface area contributed by atoms with Crippen molar-refractivity contribution in [1.82, 2.24) is 0 Å². The highest BCUT2D eigenvalue weighted by atomic mass is 35.5. The maximum atomic E-state index is 12.2. The number of aldehydes is 1. The highest BCUT2D eigenvalue weighted by Crippen LogP contribution is 2.52. The molecule has 1 amide bonds. The number of rotatable bonds is 1. The Morgan fingerprint density at radius 3 is 2.82 bits per heavy atom. The van der Waals surface area contributed by atoms with Crippen molar-refractivity contribution in [3.63, 3.8) is 0 Å². The van der Waals surface area contributed by atoms with E-state index in [4.69, 9.17) is 16.3 Å². The van der Waals surface area contributed by atoms with Gasteiger partial charge in [0, 0.05) is 12.6 Å². The van der Waals surface area contributed by atoms with Crippen LogP contribution >= 0.6 is 11.6 Å². The number of hydrogen-bond donors (Lipinski definition) is 0. The van der Waals surface area contributed by atoms with Crippen molar-refractivity contribution in [3.05, 3.63) is 40.6 Å². The van der Waals surface area contributed by atoms with Crippen LogP contribution in [0.15, 0.2) is 30.0 Å². The Labute approximate surface area is 102 Å². The van der Waals surface area contributed by atoms with Crippen LogP contribution in [0.25, 0.3) is 0 Å². The number of benzene rings is 1. The average Bonchev–Trinajstić information content (AvgIpc) is 2.51. The summed E-state index contributed by atoms with van der Waals surface area (Å²) >= 11 is 6.07. The number of anilines is 1. The van der Waals surface area contributed by atoms with Crippen LogP contribution in [-0.4, -0.2) is 19.2 Å². The molecule has 3 rings (SSSR count). The second-order valence-corrected chi connectivity index (χ2v) is 4.40. The first-order valence-electron chi connectivity index (χ1n) is 5.03. The summed E-state index contributed by atoms with van der Waals surface area (Å²) in [5.74, 6) is -0.287. The van der Waals surface area contributed by atoms with Crippen LogP contribution in [0.4, 0.5) is 5.69 Å². The number of nitrogens with zero attached hydrogens (tertiary/aromatic N) is 1. The van der Waals surface area contributed by atoms with Gasteiger partial charge in [-0.15, -0.1) is 0 Å². The van der Waals surface area contributed by atoms with Gasteiger partial charge < -0.3 is 9.64 Å². The fraction of sp³-hybridized carbons (Fsp3) is 0.167. The summed E-state index contributed by atoms with van der Waals surface area (Å²) in [7, 11) is 1.62. The SMILES string of the molecule is CN1C(=O)[C@@]2(OC=C2C=O)c2cccc(Cl)c21. The first-order chi connectivity index (χ1) is 8.13. The molecule has 0 fully saturated rings. The molecule has 0 saturated carbocycles. The van der Waals surface area contributed by atoms with Crippen molar-refractivity contribution in [1.29, 1.82) is 0 Å². The Kier molecular flexibility index (Phi) is 1.89. The van der Waals surface area contributed by atoms with Crippen molar-refractivity contribution >= 4 is 29.5 Å². The quantitative estimate of drug-likeness (QED) is 0.711. The van der Waals surface area contributed by atoms with Crippen molar-refractivity contribution < 1.29 is 14.3 Å². The molecule has 2 aliphatic heterocycles. The van der Waals surface area contributed by atoms with Crippen LogP contribution in [0.3, 0.4) is 0 Å². The molecule has 5 heteroatoms. The van der Waals surface area contributed by atoms with E-state index < -0.39 is 5.60 Å². The molecular weight excluding hydrogens is 242 g/mol. The summed E-state index contributed by atoms with van der Waals surface area (Å²) < 4.78 is 5.30. The van der Waals surface area contributed by atoms with E-state index in [1.165, 1.54) is 11.2 Å². The summed E-state index contributed by atoms with van der Waals surface area (Å²) in [6.45, 7) is 0. The van der Waals surface area contributed by atoms with Crippen molar-refractivity contribution in [3.8, 4) is 0 Å². The molecule has 86 valence electrons. The lowest BCUT2D eigenvalue weighted by atomic mass is 9.85. The van der Waals surface area contributed by atoms with Gasteiger partial charge in [-0.25, -0.2) is 0 Å². The Balaban J connectivity index is 2.30. The minimum Gasteiger partial charge on any atom is -0.474 e. The van der Waals surface area contributed by atoms with Gasteiger partial charge in [0.2, 0.25) is 5.60 Å². The Hall–Kier alpha value is -1.81. The lowest BCUT2D eigenvalue weighted by Gasteiger charge is -2.34. The van der Waals surface area contributed by atoms with Gasteiger partial charge in [0.15, 0.2) is 6.29 Å². The maximum absolute atomic E-state index is 12.2. The van der Waals surface area contributed by atoms with E-state index in [-0.39, 0.29) is 5.91 Å². The topological polar surface area (TPSA) is 46.6 Å². The molecule has 1 atom stereocenters. The highest BCUT2D eigenvalue weighted by Gasteiger charge is 2.59. The third-order valence-corrected chi connectivity index (χ3v) is 3.51. The first-order valence-corrected chi connectivity index (χ1v) is 5.41. The molecule has 1 aromatic carbocycles. The van der Waals surface area contributed by atoms with E-state index in [9.17, 15) is 9.59 Å². The third-order valence-electron chi connectivity index (χ3n) is 3.20. The van der Waals surface area contributed by atoms with Crippen LogP contribution in [0.2, 0.25) is 5.02 Å². The van der Waals surface area contributed by atoms with E-state index in [0.29, 0.717) is 28.1 Å². The zero-order chi connectivity index (χ0) is 12.2. The van der Waals surface area contributed by atoms with Gasteiger partial charge in [0.25, 0.3) is 5.91 Å². The van der Waals surface area contributed by atoms with E-state index in [0.717, 1.165) is 0 Å². The molecule has 2 aliphatic rings. The third kappa shape index (κ3) is 0.988. The summed E-state index contributed by atoms with van der Waals surface area (Å²) in [5.41, 5.74) is 0.292. The van der Waals surface area contributed by atoms with E-state index >= 15 is 0 Å². The van der Waals surface area contributed by atoms with Crippen molar-refractivity contribution in [2.75, 3.05) is 11.9 Å². The lowest BCUT2D eigenvalue weighted by Crippen LogP contribution is -2.46. The molecule has 17 heavy (non-hydrogen) atoms. The molecule has 0 N–H and O–H groups in total. The fourth-order valence-electron chi connectivity index (χ4n) is 2.34. The van der Waals surface area contributed by atoms with Gasteiger partial charge in [-0.05, 0) is 6.07 Å². The molecule has 1 spiro atoms. The first kappa shape index (κ1) is 10.4. The number of amides is 1. The fourth-order valence-corrected chi connectivity index (χ4v) is 2.64. The number of ether oxygens (including phenoxy) is 1. The van der Waals surface area contributed by atoms with Gasteiger partial charge in [0.05, 0.1) is 22.5 Å². The molecule has 0 bridgehead atoms. The maximum Gasteiger partial charge on any atom is 0.280 e. The van der Waals surface area contributed by atoms with Crippen LogP contribution in [0.5, 0.6) is 0 Å². The number of carbonyl (C=O) groups excluding carboxylic acids is 2. The summed E-state index contributed by atoms with van der Waals surface area (Å²) in [6.07, 6.45) is 1.94. The smallest absolute Gasteiger partial charge is 0.280 e. The molecular formula is C12H8ClNO3. The molecule has 0 saturated heterocycles. The molecule has 0 aromatic heterocycles. The molecule has 4 nitrogen and oxygen atoms in total. The number of para-hydroxylation sites is 1. The number of carbonyl (C=O) groups is 2. The largest absolute Gasteiger partial charge is 0.474 e. The summed E-state index contributed by atoms with van der Waals surface area (Å²) in [5, 5.41) is 0.468. The Morgan fingerprint density at radius 2 is 2.24 bits per heavy atom. The van der Waals surface area contributed by atoms with Crippen molar-refractivity contribution in [2.45, 2.75) is 5.60 Å². The van der Waals surface area contributed by atoms with Gasteiger partial charge in [-0.2, -0.15) is 0 Å². The van der Waals surface area contributed by atoms with E-state index in [2.05, 4.69) is 0 Å². The minimum absolute atomic E-state index is 0.287. The number of likely N-dealkylation sites (N-methyl/N-ethyl adjacent to an activating group) is 1. The van der Waals surface area contributed by atoms with Crippen LogP contribution in [-0.2, 0) is 19.9 Å². The number of halogens is 1. The zero-order valence-corrected chi connectivity index (χ0v) is 9.69. The van der Waals surface area contributed by atoms with Crippen LogP contribution < -0.4 is 4.90 Å². The molecule has 0 radical (unpaired) electrons. The summed E-state index contributed by atoms with van der Waals surface area (Å²) in [4.78, 5) is 24.6. The predicted octanol–water partition coefficient (Wildman–Crippen LogP) is 1.62.